The number of nitrogens with zero attached hydrogens (tertiary/aromatic N) is 2. The van der Waals surface area contributed by atoms with Crippen molar-refractivity contribution in [2.45, 2.75) is 0 Å². The van der Waals surface area contributed by atoms with Crippen molar-refractivity contribution >= 4 is 49.4 Å². The lowest BCUT2D eigenvalue weighted by molar-refractivity contribution is 0.103. The van der Waals surface area contributed by atoms with E-state index in [4.69, 9.17) is 18.9 Å². The Morgan fingerprint density at radius 1 is 0.396 bits per heavy atom. The van der Waals surface area contributed by atoms with Gasteiger partial charge in [-0.1, -0.05) is 0 Å². The van der Waals surface area contributed by atoms with Gasteiger partial charge in [0.05, 0.1) is 50.5 Å². The van der Waals surface area contributed by atoms with Gasteiger partial charge >= 0.3 is 0 Å². The lowest BCUT2D eigenvalue weighted by atomic mass is 10.0. The number of carbonyl (C=O) groups excluding carboxylic acids is 1. The highest BCUT2D eigenvalue weighted by Gasteiger charge is 2.17. The summed E-state index contributed by atoms with van der Waals surface area (Å²) in [7, 11) is 6.68. The third-order valence-electron chi connectivity index (χ3n) is 9.13. The van der Waals surface area contributed by atoms with Crippen LogP contribution in [0.2, 0.25) is 0 Å². The van der Waals surface area contributed by atoms with Crippen LogP contribution in [0, 0.1) is 0 Å². The van der Waals surface area contributed by atoms with E-state index in [0.29, 0.717) is 11.1 Å². The Balaban J connectivity index is 1.14. The van der Waals surface area contributed by atoms with E-state index in [9.17, 15) is 4.79 Å². The van der Waals surface area contributed by atoms with E-state index in [2.05, 4.69) is 33.4 Å². The Morgan fingerprint density at radius 2 is 0.667 bits per heavy atom. The average Bonchev–Trinajstić information content (AvgIpc) is 3.65. The van der Waals surface area contributed by atoms with Gasteiger partial charge < -0.3 is 28.1 Å². The zero-order valence-electron chi connectivity index (χ0n) is 27.0. The van der Waals surface area contributed by atoms with E-state index in [1.807, 2.05) is 97.1 Å². The second-order valence-electron chi connectivity index (χ2n) is 11.6. The predicted octanol–water partition coefficient (Wildman–Crippen LogP) is 9.15. The van der Waals surface area contributed by atoms with Gasteiger partial charge in [-0.3, -0.25) is 4.79 Å². The van der Waals surface area contributed by atoms with Crippen LogP contribution in [0.25, 0.3) is 55.0 Å². The Kier molecular flexibility index (Phi) is 7.03. The molecule has 0 amide bonds. The van der Waals surface area contributed by atoms with Gasteiger partial charge in [-0.2, -0.15) is 0 Å². The van der Waals surface area contributed by atoms with Gasteiger partial charge in [0.15, 0.2) is 5.78 Å². The Bertz CT molecular complexity index is 2210. The first kappa shape index (κ1) is 29.2. The summed E-state index contributed by atoms with van der Waals surface area (Å²) in [6.45, 7) is 0. The highest BCUT2D eigenvalue weighted by atomic mass is 16.5. The highest BCUT2D eigenvalue weighted by molar-refractivity contribution is 6.12. The number of carbonyl (C=O) groups is 1. The van der Waals surface area contributed by atoms with Crippen LogP contribution in [-0.4, -0.2) is 43.4 Å². The van der Waals surface area contributed by atoms with Crippen molar-refractivity contribution in [1.29, 1.82) is 0 Å². The minimum absolute atomic E-state index is 0.0403. The van der Waals surface area contributed by atoms with Crippen LogP contribution in [0.5, 0.6) is 23.0 Å². The van der Waals surface area contributed by atoms with E-state index in [-0.39, 0.29) is 5.78 Å². The number of ether oxygens (including phenoxy) is 4. The molecule has 2 aromatic heterocycles. The summed E-state index contributed by atoms with van der Waals surface area (Å²) in [5, 5.41) is 4.24. The molecule has 0 atom stereocenters. The molecule has 0 unspecified atom stereocenters. The molecule has 0 bridgehead atoms. The van der Waals surface area contributed by atoms with Gasteiger partial charge in [-0.15, -0.1) is 0 Å². The van der Waals surface area contributed by atoms with Crippen molar-refractivity contribution in [2.24, 2.45) is 0 Å². The number of hydrogen-bond acceptors (Lipinski definition) is 5. The summed E-state index contributed by atoms with van der Waals surface area (Å²) in [6, 6.07) is 39.8. The van der Waals surface area contributed by atoms with Gasteiger partial charge in [0.25, 0.3) is 0 Å². The second kappa shape index (κ2) is 11.5. The number of methoxy groups -OCH3 is 4. The number of ketones is 1. The number of hydrogen-bond donors (Lipinski definition) is 0. The van der Waals surface area contributed by atoms with Crippen molar-refractivity contribution < 1.29 is 23.7 Å². The van der Waals surface area contributed by atoms with Crippen LogP contribution >= 0.6 is 0 Å². The molecule has 0 aliphatic rings. The first-order valence-electron chi connectivity index (χ1n) is 15.6. The molecule has 0 spiro atoms. The van der Waals surface area contributed by atoms with Gasteiger partial charge in [-0.25, -0.2) is 0 Å². The van der Waals surface area contributed by atoms with Crippen molar-refractivity contribution in [2.75, 3.05) is 28.4 Å². The SMILES string of the molecule is COc1ccc2c(c1)c1cc(OC)ccc1n2-c1ccc(C(=O)c2ccc(-n3c4ccc(OC)cc4c4cc(OC)ccc43)cc2)cc1. The molecule has 0 radical (unpaired) electrons. The summed E-state index contributed by atoms with van der Waals surface area (Å²) >= 11 is 0. The standard InChI is InChI=1S/C41H32N2O5/c1-45-29-13-17-37-33(21-29)34-22-30(46-2)14-18-38(34)42(37)27-9-5-25(6-10-27)41(44)26-7-11-28(12-8-26)43-39-19-15-31(47-3)23-35(39)36-24-32(48-4)16-20-40(36)43/h5-24H,1-4H3. The summed E-state index contributed by atoms with van der Waals surface area (Å²) in [5.74, 6) is 3.11. The maximum absolute atomic E-state index is 13.7. The molecular formula is C41H32N2O5. The Labute approximate surface area is 277 Å². The number of benzene rings is 6. The molecule has 8 rings (SSSR count). The summed E-state index contributed by atoms with van der Waals surface area (Å²) in [6.07, 6.45) is 0. The zero-order valence-corrected chi connectivity index (χ0v) is 27.0. The summed E-state index contributed by atoms with van der Waals surface area (Å²) in [4.78, 5) is 13.7. The van der Waals surface area contributed by atoms with Crippen LogP contribution < -0.4 is 18.9 Å². The molecule has 6 aromatic carbocycles. The van der Waals surface area contributed by atoms with Gasteiger partial charge in [0.2, 0.25) is 0 Å². The number of rotatable bonds is 8. The molecule has 7 nitrogen and oxygen atoms in total. The smallest absolute Gasteiger partial charge is 0.193 e. The third kappa shape index (κ3) is 4.62. The molecule has 236 valence electrons. The van der Waals surface area contributed by atoms with Crippen molar-refractivity contribution in [3.05, 3.63) is 132 Å². The van der Waals surface area contributed by atoms with E-state index >= 15 is 0 Å². The molecule has 0 aliphatic heterocycles. The van der Waals surface area contributed by atoms with E-state index in [1.165, 1.54) is 0 Å². The lowest BCUT2D eigenvalue weighted by Crippen LogP contribution is -2.03. The molecule has 0 fully saturated rings. The monoisotopic (exact) mass is 632 g/mol. The topological polar surface area (TPSA) is 63.9 Å². The molecule has 7 heteroatoms. The van der Waals surface area contributed by atoms with Crippen LogP contribution in [0.15, 0.2) is 121 Å². The molecule has 48 heavy (non-hydrogen) atoms. The molecule has 0 saturated heterocycles. The average molecular weight is 633 g/mol. The van der Waals surface area contributed by atoms with Gasteiger partial charge in [-0.05, 0) is 121 Å². The first-order chi connectivity index (χ1) is 23.5. The molecule has 0 N–H and O–H groups in total. The quantitative estimate of drug-likeness (QED) is 0.156. The molecule has 0 aliphatic carbocycles. The Hall–Kier alpha value is -6.21. The van der Waals surface area contributed by atoms with E-state index in [1.54, 1.807) is 28.4 Å². The summed E-state index contributed by atoms with van der Waals surface area (Å²) < 4.78 is 26.5. The van der Waals surface area contributed by atoms with Crippen LogP contribution in [-0.2, 0) is 0 Å². The largest absolute Gasteiger partial charge is 0.497 e. The fraction of sp³-hybridized carbons (Fsp3) is 0.0976. The van der Waals surface area contributed by atoms with Crippen LogP contribution in [0.3, 0.4) is 0 Å². The van der Waals surface area contributed by atoms with Gasteiger partial charge in [0.1, 0.15) is 23.0 Å². The predicted molar refractivity (Wildman–Crippen MR) is 191 cm³/mol. The third-order valence-corrected chi connectivity index (χ3v) is 9.13. The van der Waals surface area contributed by atoms with Crippen molar-refractivity contribution in [3.8, 4) is 34.4 Å². The van der Waals surface area contributed by atoms with E-state index in [0.717, 1.165) is 78.0 Å². The molecular weight excluding hydrogens is 600 g/mol. The zero-order chi connectivity index (χ0) is 32.9. The number of aromatic nitrogens is 2. The fourth-order valence-electron chi connectivity index (χ4n) is 6.72. The fourth-order valence-corrected chi connectivity index (χ4v) is 6.72. The van der Waals surface area contributed by atoms with E-state index < -0.39 is 0 Å². The maximum atomic E-state index is 13.7. The first-order valence-corrected chi connectivity index (χ1v) is 15.6. The summed E-state index contributed by atoms with van der Waals surface area (Å²) in [5.41, 5.74) is 7.30. The van der Waals surface area contributed by atoms with Crippen LogP contribution in [0.4, 0.5) is 0 Å². The highest BCUT2D eigenvalue weighted by Crippen LogP contribution is 2.38. The normalized spacial score (nSPS) is 11.4. The molecule has 0 saturated carbocycles. The number of fused-ring (bicyclic) bond motifs is 6. The minimum atomic E-state index is -0.0403. The lowest BCUT2D eigenvalue weighted by Gasteiger charge is -2.11. The van der Waals surface area contributed by atoms with Crippen LogP contribution in [0.1, 0.15) is 15.9 Å². The molecule has 8 aromatic rings. The van der Waals surface area contributed by atoms with Gasteiger partial charge in [0, 0.05) is 44.0 Å². The minimum Gasteiger partial charge on any atom is -0.497 e. The molecule has 2 heterocycles. The Morgan fingerprint density at radius 3 is 0.917 bits per heavy atom. The van der Waals surface area contributed by atoms with Crippen molar-refractivity contribution in [3.63, 3.8) is 0 Å². The maximum Gasteiger partial charge on any atom is 0.193 e. The van der Waals surface area contributed by atoms with Crippen molar-refractivity contribution in [1.82, 2.24) is 9.13 Å². The second-order valence-corrected chi connectivity index (χ2v) is 11.6.